The molecule has 0 aromatic carbocycles. The minimum atomic E-state index is -0.344. The van der Waals surface area contributed by atoms with Crippen LogP contribution in [-0.2, 0) is 13.1 Å². The van der Waals surface area contributed by atoms with Crippen molar-refractivity contribution in [2.45, 2.75) is 32.9 Å². The first-order valence-electron chi connectivity index (χ1n) is 7.61. The summed E-state index contributed by atoms with van der Waals surface area (Å²) >= 11 is 6.08. The number of hydrogen-bond donors (Lipinski definition) is 1. The number of carbonyl (C=O) groups excluding carboxylic acids is 1. The minimum Gasteiger partial charge on any atom is -0.343 e. The van der Waals surface area contributed by atoms with E-state index in [1.807, 2.05) is 11.5 Å². The molecule has 0 spiro atoms. The van der Waals surface area contributed by atoms with Gasteiger partial charge in [0.2, 0.25) is 5.95 Å². The molecule has 0 atom stereocenters. The van der Waals surface area contributed by atoms with Crippen LogP contribution in [0, 0.1) is 0 Å². The Balaban J connectivity index is 1.72. The molecule has 1 fully saturated rings. The topological polar surface area (TPSA) is 88.8 Å². The Kier molecular flexibility index (Phi) is 4.71. The highest BCUT2D eigenvalue weighted by atomic mass is 35.5. The van der Waals surface area contributed by atoms with Gasteiger partial charge >= 0.3 is 0 Å². The zero-order chi connectivity index (χ0) is 16.2. The zero-order valence-corrected chi connectivity index (χ0v) is 13.6. The highest BCUT2D eigenvalue weighted by Crippen LogP contribution is 2.19. The Bertz CT molecular complexity index is 696. The van der Waals surface area contributed by atoms with E-state index >= 15 is 0 Å². The van der Waals surface area contributed by atoms with E-state index in [-0.39, 0.29) is 23.2 Å². The lowest BCUT2D eigenvalue weighted by Gasteiger charge is -2.15. The van der Waals surface area contributed by atoms with E-state index in [1.54, 1.807) is 6.33 Å². The van der Waals surface area contributed by atoms with E-state index in [2.05, 4.69) is 30.4 Å². The van der Waals surface area contributed by atoms with Crippen molar-refractivity contribution >= 4 is 23.5 Å². The van der Waals surface area contributed by atoms with Crippen LogP contribution in [0.4, 0.5) is 5.95 Å². The summed E-state index contributed by atoms with van der Waals surface area (Å²) in [5.41, 5.74) is 0.186. The van der Waals surface area contributed by atoms with Crippen LogP contribution in [-0.4, -0.2) is 43.7 Å². The molecule has 23 heavy (non-hydrogen) atoms. The number of halogens is 1. The third-order valence-electron chi connectivity index (χ3n) is 3.78. The lowest BCUT2D eigenvalue weighted by Crippen LogP contribution is -2.27. The number of anilines is 1. The van der Waals surface area contributed by atoms with Gasteiger partial charge in [-0.15, -0.1) is 10.2 Å². The minimum absolute atomic E-state index is 0.186. The van der Waals surface area contributed by atoms with Crippen LogP contribution < -0.4 is 10.2 Å². The molecule has 0 aliphatic carbocycles. The molecule has 0 bridgehead atoms. The van der Waals surface area contributed by atoms with Crippen LogP contribution in [0.2, 0.25) is 5.02 Å². The van der Waals surface area contributed by atoms with E-state index in [9.17, 15) is 4.79 Å². The van der Waals surface area contributed by atoms with Crippen LogP contribution in [0.1, 0.15) is 36.1 Å². The number of hydrogen-bond acceptors (Lipinski definition) is 6. The van der Waals surface area contributed by atoms with E-state index in [1.165, 1.54) is 6.20 Å². The number of nitrogens with one attached hydrogen (secondary N) is 1. The Morgan fingerprint density at radius 3 is 2.91 bits per heavy atom. The van der Waals surface area contributed by atoms with Gasteiger partial charge in [0.25, 0.3) is 5.91 Å². The molecule has 8 nitrogen and oxygen atoms in total. The normalized spacial score (nSPS) is 14.3. The molecule has 2 aromatic heterocycles. The highest BCUT2D eigenvalue weighted by molar-refractivity contribution is 6.33. The standard InChI is InChI=1S/C14H18ClN7O/c1-2-21-9-18-20-11(21)8-16-13(23)12-10(15)7-17-14(19-12)22-5-3-4-6-22/h7,9H,2-6,8H2,1H3,(H,16,23). The molecular weight excluding hydrogens is 318 g/mol. The Morgan fingerprint density at radius 2 is 2.17 bits per heavy atom. The smallest absolute Gasteiger partial charge is 0.272 e. The number of amides is 1. The first kappa shape index (κ1) is 15.7. The van der Waals surface area contributed by atoms with Gasteiger partial charge in [-0.05, 0) is 19.8 Å². The number of aromatic nitrogens is 5. The third kappa shape index (κ3) is 3.42. The second kappa shape index (κ2) is 6.91. The second-order valence-corrected chi connectivity index (χ2v) is 5.68. The summed E-state index contributed by atoms with van der Waals surface area (Å²) in [6.07, 6.45) is 5.33. The van der Waals surface area contributed by atoms with Crippen molar-refractivity contribution in [1.82, 2.24) is 30.0 Å². The van der Waals surface area contributed by atoms with Gasteiger partial charge in [-0.1, -0.05) is 11.6 Å². The largest absolute Gasteiger partial charge is 0.343 e. The zero-order valence-electron chi connectivity index (χ0n) is 12.9. The summed E-state index contributed by atoms with van der Waals surface area (Å²) in [5, 5.41) is 10.8. The second-order valence-electron chi connectivity index (χ2n) is 5.28. The number of aryl methyl sites for hydroxylation is 1. The van der Waals surface area contributed by atoms with Crippen molar-refractivity contribution in [3.8, 4) is 0 Å². The molecule has 2 aromatic rings. The maximum atomic E-state index is 12.4. The quantitative estimate of drug-likeness (QED) is 0.885. The van der Waals surface area contributed by atoms with Gasteiger partial charge in [-0.3, -0.25) is 4.79 Å². The number of nitrogens with zero attached hydrogens (tertiary/aromatic N) is 6. The molecule has 0 radical (unpaired) electrons. The van der Waals surface area contributed by atoms with E-state index in [0.717, 1.165) is 32.5 Å². The molecule has 3 heterocycles. The molecule has 1 amide bonds. The Hall–Kier alpha value is -2.22. The van der Waals surface area contributed by atoms with Crippen LogP contribution in [0.5, 0.6) is 0 Å². The average Bonchev–Trinajstić information content (AvgIpc) is 3.24. The van der Waals surface area contributed by atoms with Crippen LogP contribution in [0.3, 0.4) is 0 Å². The van der Waals surface area contributed by atoms with Crippen molar-refractivity contribution in [2.75, 3.05) is 18.0 Å². The number of rotatable bonds is 5. The fraction of sp³-hybridized carbons (Fsp3) is 0.500. The molecule has 1 N–H and O–H groups in total. The lowest BCUT2D eigenvalue weighted by molar-refractivity contribution is 0.0944. The number of carbonyl (C=O) groups is 1. The van der Waals surface area contributed by atoms with E-state index in [0.29, 0.717) is 11.8 Å². The summed E-state index contributed by atoms with van der Waals surface area (Å²) < 4.78 is 1.86. The van der Waals surface area contributed by atoms with Gasteiger partial charge in [-0.2, -0.15) is 0 Å². The van der Waals surface area contributed by atoms with Crippen LogP contribution in [0.15, 0.2) is 12.5 Å². The lowest BCUT2D eigenvalue weighted by atomic mass is 10.3. The molecule has 122 valence electrons. The average molecular weight is 336 g/mol. The maximum absolute atomic E-state index is 12.4. The fourth-order valence-corrected chi connectivity index (χ4v) is 2.69. The Morgan fingerprint density at radius 1 is 1.39 bits per heavy atom. The molecular formula is C14H18ClN7O. The molecule has 1 aliphatic rings. The summed E-state index contributed by atoms with van der Waals surface area (Å²) in [6.45, 7) is 4.81. The summed E-state index contributed by atoms with van der Waals surface area (Å²) in [4.78, 5) is 23.0. The first-order valence-corrected chi connectivity index (χ1v) is 7.99. The molecule has 9 heteroatoms. The molecule has 0 saturated carbocycles. The summed E-state index contributed by atoms with van der Waals surface area (Å²) in [7, 11) is 0. The monoisotopic (exact) mass is 335 g/mol. The van der Waals surface area contributed by atoms with Gasteiger partial charge in [0, 0.05) is 19.6 Å². The predicted molar refractivity (Wildman–Crippen MR) is 85.4 cm³/mol. The van der Waals surface area contributed by atoms with Crippen molar-refractivity contribution in [3.05, 3.63) is 29.1 Å². The first-order chi connectivity index (χ1) is 11.2. The van der Waals surface area contributed by atoms with Crippen molar-refractivity contribution in [2.24, 2.45) is 0 Å². The van der Waals surface area contributed by atoms with Gasteiger partial charge in [0.15, 0.2) is 11.5 Å². The summed E-state index contributed by atoms with van der Waals surface area (Å²) in [5.74, 6) is 0.892. The molecule has 0 unspecified atom stereocenters. The van der Waals surface area contributed by atoms with Gasteiger partial charge in [0.1, 0.15) is 6.33 Å². The van der Waals surface area contributed by atoms with Crippen LogP contribution >= 0.6 is 11.6 Å². The molecule has 3 rings (SSSR count). The summed E-state index contributed by atoms with van der Waals surface area (Å²) in [6, 6.07) is 0. The van der Waals surface area contributed by atoms with Crippen LogP contribution in [0.25, 0.3) is 0 Å². The van der Waals surface area contributed by atoms with Gasteiger partial charge < -0.3 is 14.8 Å². The van der Waals surface area contributed by atoms with Gasteiger partial charge in [0.05, 0.1) is 17.8 Å². The highest BCUT2D eigenvalue weighted by Gasteiger charge is 2.19. The molecule has 1 saturated heterocycles. The fourth-order valence-electron chi connectivity index (χ4n) is 2.51. The van der Waals surface area contributed by atoms with Crippen molar-refractivity contribution in [3.63, 3.8) is 0 Å². The van der Waals surface area contributed by atoms with Crippen molar-refractivity contribution in [1.29, 1.82) is 0 Å². The predicted octanol–water partition coefficient (Wildman–Crippen LogP) is 1.27. The van der Waals surface area contributed by atoms with Crippen molar-refractivity contribution < 1.29 is 4.79 Å². The maximum Gasteiger partial charge on any atom is 0.272 e. The third-order valence-corrected chi connectivity index (χ3v) is 4.06. The van der Waals surface area contributed by atoms with E-state index in [4.69, 9.17) is 11.6 Å². The Labute approximate surface area is 138 Å². The SMILES string of the molecule is CCn1cnnc1CNC(=O)c1nc(N2CCCC2)ncc1Cl. The van der Waals surface area contributed by atoms with E-state index < -0.39 is 0 Å². The van der Waals surface area contributed by atoms with Gasteiger partial charge in [-0.25, -0.2) is 9.97 Å². The molecule has 1 aliphatic heterocycles.